The molecule has 0 saturated carbocycles. The Balaban J connectivity index is 2.30. The van der Waals surface area contributed by atoms with Gasteiger partial charge in [0.05, 0.1) is 11.6 Å². The van der Waals surface area contributed by atoms with E-state index in [0.717, 1.165) is 16.5 Å². The molecule has 20 heavy (non-hydrogen) atoms. The normalized spacial score (nSPS) is 18.6. The van der Waals surface area contributed by atoms with Crippen LogP contribution >= 0.6 is 0 Å². The third kappa shape index (κ3) is 1.72. The Labute approximate surface area is 117 Å². The summed E-state index contributed by atoms with van der Waals surface area (Å²) in [6, 6.07) is 4.98. The minimum atomic E-state index is -0.506. The molecule has 1 unspecified atom stereocenters. The fourth-order valence-electron chi connectivity index (χ4n) is 2.79. The van der Waals surface area contributed by atoms with Gasteiger partial charge in [0.25, 0.3) is 0 Å². The molecule has 0 bridgehead atoms. The van der Waals surface area contributed by atoms with Crippen molar-refractivity contribution >= 4 is 22.6 Å². The molecule has 1 aliphatic rings. The fraction of sp³-hybridized carbons (Fsp3) is 0.375. The van der Waals surface area contributed by atoms with E-state index in [4.69, 9.17) is 5.73 Å². The first-order valence-electron chi connectivity index (χ1n) is 6.78. The van der Waals surface area contributed by atoms with Gasteiger partial charge in [-0.25, -0.2) is 0 Å². The van der Waals surface area contributed by atoms with Crippen LogP contribution in [0.5, 0.6) is 0 Å². The Kier molecular flexibility index (Phi) is 2.63. The summed E-state index contributed by atoms with van der Waals surface area (Å²) in [5.41, 5.74) is 7.85. The van der Waals surface area contributed by atoms with Gasteiger partial charge < -0.3 is 5.73 Å². The zero-order valence-electron chi connectivity index (χ0n) is 11.9. The predicted octanol–water partition coefficient (Wildman–Crippen LogP) is 2.39. The number of Topliss-reactive ketones (excluding diaryl/α,β-unsaturated/α-hetero) is 1. The lowest BCUT2D eigenvalue weighted by Gasteiger charge is -2.18. The van der Waals surface area contributed by atoms with Crippen LogP contribution in [0.1, 0.15) is 41.5 Å². The second kappa shape index (κ2) is 4.03. The molecule has 0 amide bonds. The van der Waals surface area contributed by atoms with Crippen molar-refractivity contribution in [3.8, 4) is 0 Å². The lowest BCUT2D eigenvalue weighted by atomic mass is 9.89. The van der Waals surface area contributed by atoms with Gasteiger partial charge in [0.2, 0.25) is 5.91 Å². The molecule has 0 radical (unpaired) electrons. The van der Waals surface area contributed by atoms with E-state index in [0.29, 0.717) is 12.0 Å². The molecular weight excluding hydrogens is 252 g/mol. The van der Waals surface area contributed by atoms with Crippen LogP contribution in [0.3, 0.4) is 0 Å². The van der Waals surface area contributed by atoms with E-state index in [1.165, 1.54) is 0 Å². The monoisotopic (exact) mass is 270 g/mol. The van der Waals surface area contributed by atoms with Gasteiger partial charge in [0.15, 0.2) is 5.78 Å². The van der Waals surface area contributed by atoms with E-state index in [1.807, 2.05) is 39.1 Å². The van der Waals surface area contributed by atoms with Crippen LogP contribution in [0.2, 0.25) is 0 Å². The second-order valence-corrected chi connectivity index (χ2v) is 6.45. The largest absolute Gasteiger partial charge is 0.321 e. The van der Waals surface area contributed by atoms with Gasteiger partial charge in [0, 0.05) is 22.6 Å². The summed E-state index contributed by atoms with van der Waals surface area (Å²) in [4.78, 5) is 24.7. The van der Waals surface area contributed by atoms with Gasteiger partial charge in [0.1, 0.15) is 0 Å². The first-order chi connectivity index (χ1) is 9.30. The topological polar surface area (TPSA) is 65.1 Å². The van der Waals surface area contributed by atoms with E-state index in [1.54, 1.807) is 10.6 Å². The van der Waals surface area contributed by atoms with E-state index < -0.39 is 11.5 Å². The number of hydrogen-bond donors (Lipinski definition) is 1. The van der Waals surface area contributed by atoms with Gasteiger partial charge in [-0.15, -0.1) is 0 Å². The zero-order chi connectivity index (χ0) is 14.7. The number of carbonyl (C=O) groups is 2. The molecule has 1 heterocycles. The Morgan fingerprint density at radius 1 is 1.35 bits per heavy atom. The van der Waals surface area contributed by atoms with Crippen molar-refractivity contribution in [1.29, 1.82) is 0 Å². The Bertz CT molecular complexity index is 735. The fourth-order valence-corrected chi connectivity index (χ4v) is 2.79. The smallest absolute Gasteiger partial charge is 0.236 e. The summed E-state index contributed by atoms with van der Waals surface area (Å²) in [6.07, 6.45) is 2.34. The molecule has 4 heteroatoms. The molecule has 0 saturated heterocycles. The van der Waals surface area contributed by atoms with E-state index >= 15 is 0 Å². The highest BCUT2D eigenvalue weighted by atomic mass is 16.2. The third-order valence-corrected chi connectivity index (χ3v) is 3.81. The first-order valence-corrected chi connectivity index (χ1v) is 6.78. The number of hydrogen-bond acceptors (Lipinski definition) is 3. The first kappa shape index (κ1) is 13.1. The highest BCUT2D eigenvalue weighted by Crippen LogP contribution is 2.32. The van der Waals surface area contributed by atoms with Crippen molar-refractivity contribution in [3.63, 3.8) is 0 Å². The van der Waals surface area contributed by atoms with Crippen molar-refractivity contribution in [2.45, 2.75) is 33.2 Å². The van der Waals surface area contributed by atoms with Crippen LogP contribution in [0.25, 0.3) is 10.9 Å². The second-order valence-electron chi connectivity index (χ2n) is 6.45. The van der Waals surface area contributed by atoms with Gasteiger partial charge in [-0.3, -0.25) is 14.2 Å². The quantitative estimate of drug-likeness (QED) is 0.799. The summed E-state index contributed by atoms with van der Waals surface area (Å²) in [5, 5.41) is 0.886. The average Bonchev–Trinajstić information content (AvgIpc) is 2.74. The van der Waals surface area contributed by atoms with Crippen molar-refractivity contribution in [2.75, 3.05) is 0 Å². The third-order valence-electron chi connectivity index (χ3n) is 3.81. The molecule has 1 aromatic carbocycles. The van der Waals surface area contributed by atoms with Gasteiger partial charge in [-0.05, 0) is 18.1 Å². The summed E-state index contributed by atoms with van der Waals surface area (Å²) in [5.74, 6) is -0.0159. The minimum absolute atomic E-state index is 0.0221. The lowest BCUT2D eigenvalue weighted by Crippen LogP contribution is -2.35. The van der Waals surface area contributed by atoms with Crippen LogP contribution in [-0.2, 0) is 6.42 Å². The molecule has 3 rings (SSSR count). The number of rotatable bonds is 0. The summed E-state index contributed by atoms with van der Waals surface area (Å²) in [7, 11) is 0. The van der Waals surface area contributed by atoms with Crippen LogP contribution in [0.4, 0.5) is 0 Å². The van der Waals surface area contributed by atoms with Crippen molar-refractivity contribution < 1.29 is 9.59 Å². The van der Waals surface area contributed by atoms with Crippen LogP contribution in [-0.4, -0.2) is 22.3 Å². The standard InChI is InChI=1S/C16H18N2O2/c1-16(2,3)15(20)18-8-9-7-11(17)14(19)10-5-4-6-12(18)13(9)10/h4-6,8,11H,7,17H2,1-3H3. The molecule has 2 N–H and O–H groups in total. The molecular formula is C16H18N2O2. The van der Waals surface area contributed by atoms with E-state index in [-0.39, 0.29) is 11.7 Å². The maximum atomic E-state index is 12.6. The number of ketones is 1. The highest BCUT2D eigenvalue weighted by Gasteiger charge is 2.31. The molecule has 1 atom stereocenters. The Morgan fingerprint density at radius 3 is 2.70 bits per heavy atom. The SMILES string of the molecule is CC(C)(C)C(=O)n1cc2c3c(cccc31)C(=O)C(N)C2. The number of aromatic nitrogens is 1. The molecule has 1 aliphatic carbocycles. The number of nitrogens with two attached hydrogens (primary N) is 1. The number of nitrogens with zero attached hydrogens (tertiary/aromatic N) is 1. The molecule has 0 aliphatic heterocycles. The van der Waals surface area contributed by atoms with Gasteiger partial charge in [-0.2, -0.15) is 0 Å². The Morgan fingerprint density at radius 2 is 2.05 bits per heavy atom. The summed E-state index contributed by atoms with van der Waals surface area (Å²) < 4.78 is 1.67. The molecule has 2 aromatic rings. The van der Waals surface area contributed by atoms with E-state index in [2.05, 4.69) is 0 Å². The zero-order valence-corrected chi connectivity index (χ0v) is 11.9. The average molecular weight is 270 g/mol. The molecule has 1 aromatic heterocycles. The van der Waals surface area contributed by atoms with Crippen molar-refractivity contribution in [2.24, 2.45) is 11.1 Å². The van der Waals surface area contributed by atoms with Crippen molar-refractivity contribution in [3.05, 3.63) is 35.5 Å². The van der Waals surface area contributed by atoms with Crippen LogP contribution < -0.4 is 5.73 Å². The van der Waals surface area contributed by atoms with Crippen LogP contribution in [0, 0.1) is 5.41 Å². The predicted molar refractivity (Wildman–Crippen MR) is 78.0 cm³/mol. The minimum Gasteiger partial charge on any atom is -0.321 e. The lowest BCUT2D eigenvalue weighted by molar-refractivity contribution is 0.0772. The Hall–Kier alpha value is -1.94. The molecule has 0 spiro atoms. The molecule has 104 valence electrons. The number of benzene rings is 1. The van der Waals surface area contributed by atoms with Gasteiger partial charge in [-0.1, -0.05) is 32.9 Å². The molecule has 4 nitrogen and oxygen atoms in total. The number of carbonyl (C=O) groups excluding carboxylic acids is 2. The van der Waals surface area contributed by atoms with Crippen molar-refractivity contribution in [1.82, 2.24) is 4.57 Å². The molecule has 0 fully saturated rings. The maximum absolute atomic E-state index is 12.6. The highest BCUT2D eigenvalue weighted by molar-refractivity contribution is 6.14. The summed E-state index contributed by atoms with van der Waals surface area (Å²) >= 11 is 0. The van der Waals surface area contributed by atoms with Gasteiger partial charge >= 0.3 is 0 Å². The van der Waals surface area contributed by atoms with E-state index in [9.17, 15) is 9.59 Å². The maximum Gasteiger partial charge on any atom is 0.236 e. The summed E-state index contributed by atoms with van der Waals surface area (Å²) in [6.45, 7) is 5.67. The van der Waals surface area contributed by atoms with Crippen LogP contribution in [0.15, 0.2) is 24.4 Å².